The molecule has 43 heavy (non-hydrogen) atoms. The summed E-state index contributed by atoms with van der Waals surface area (Å²) >= 11 is 0. The van der Waals surface area contributed by atoms with Crippen molar-refractivity contribution in [2.75, 3.05) is 5.32 Å². The molecule has 7 nitrogen and oxygen atoms in total. The third-order valence-electron chi connectivity index (χ3n) is 10.3. The van der Waals surface area contributed by atoms with Gasteiger partial charge in [-0.25, -0.2) is 0 Å². The minimum atomic E-state index is -0.927. The number of aliphatic hydroxyl groups is 2. The number of carbonyl (C=O) groups excluding carboxylic acids is 3. The molecule has 5 atom stereocenters. The highest BCUT2D eigenvalue weighted by molar-refractivity contribution is 6.04. The summed E-state index contributed by atoms with van der Waals surface area (Å²) in [6.07, 6.45) is 6.75. The van der Waals surface area contributed by atoms with Crippen LogP contribution in [0.5, 0.6) is 0 Å². The number of carbonyl (C=O) groups is 3. The summed E-state index contributed by atoms with van der Waals surface area (Å²) in [5, 5.41) is 23.2. The molecule has 3 unspecified atom stereocenters. The molecule has 7 heteroatoms. The Morgan fingerprint density at radius 2 is 1.65 bits per heavy atom. The van der Waals surface area contributed by atoms with Crippen molar-refractivity contribution in [2.45, 2.75) is 88.8 Å². The minimum absolute atomic E-state index is 0.00182. The van der Waals surface area contributed by atoms with Gasteiger partial charge in [0.15, 0.2) is 11.5 Å². The lowest BCUT2D eigenvalue weighted by Crippen LogP contribution is -2.42. The Balaban J connectivity index is 1.11. The van der Waals surface area contributed by atoms with E-state index in [1.807, 2.05) is 18.2 Å². The Labute approximate surface area is 252 Å². The lowest BCUT2D eigenvalue weighted by Gasteiger charge is -2.31. The molecule has 2 aromatic carbocycles. The number of aliphatic hydroxyl groups excluding tert-OH is 2. The average Bonchev–Trinajstić information content (AvgIpc) is 3.74. The molecule has 1 aromatic heterocycles. The third-order valence-corrected chi connectivity index (χ3v) is 10.3. The zero-order chi connectivity index (χ0) is 30.1. The van der Waals surface area contributed by atoms with Gasteiger partial charge in [-0.2, -0.15) is 0 Å². The molecular formula is C36H41NO6. The zero-order valence-corrected chi connectivity index (χ0v) is 24.7. The fourth-order valence-corrected chi connectivity index (χ4v) is 7.93. The first-order valence-electron chi connectivity index (χ1n) is 15.8. The van der Waals surface area contributed by atoms with Crippen molar-refractivity contribution in [1.29, 1.82) is 0 Å². The smallest absolute Gasteiger partial charge is 0.291 e. The summed E-state index contributed by atoms with van der Waals surface area (Å²) < 4.78 is 5.32. The Hall–Kier alpha value is -3.55. The first-order chi connectivity index (χ1) is 20.8. The number of benzene rings is 2. The molecule has 0 spiro atoms. The highest BCUT2D eigenvalue weighted by Crippen LogP contribution is 2.48. The van der Waals surface area contributed by atoms with Gasteiger partial charge in [0.25, 0.3) is 5.91 Å². The van der Waals surface area contributed by atoms with E-state index in [9.17, 15) is 24.6 Å². The van der Waals surface area contributed by atoms with Crippen LogP contribution in [0.3, 0.4) is 0 Å². The van der Waals surface area contributed by atoms with Crippen LogP contribution in [0.15, 0.2) is 65.3 Å². The summed E-state index contributed by atoms with van der Waals surface area (Å²) in [6.45, 7) is 2.17. The SMILES string of the molecule is Cc1ccccc1C1CCC(c2ccc(C(=O)CCCCC3C(=O)[C@H]4C[C@@H]3C(O)C4O)cc2NC(=O)c2ccco2)CC1. The Kier molecular flexibility index (Phi) is 8.64. The maximum Gasteiger partial charge on any atom is 0.291 e. The standard InChI is InChI=1S/C36H41NO6/c1-21-7-2-3-8-25(21)22-12-14-23(15-13-22)26-17-16-24(19-30(26)37-36(42)32-11-6-18-43-32)31(38)10-5-4-9-27-28-20-29(33(27)39)35(41)34(28)40/h2-3,6-8,11,16-19,22-23,27-29,34-35,40-41H,4-5,9-10,12-15,20H2,1H3,(H,37,42)/t22?,23?,27?,28-,29+,34?,35?/m0/s1. The van der Waals surface area contributed by atoms with Crippen LogP contribution in [0.2, 0.25) is 0 Å². The molecule has 1 heterocycles. The van der Waals surface area contributed by atoms with Gasteiger partial charge in [0.1, 0.15) is 5.78 Å². The van der Waals surface area contributed by atoms with Crippen LogP contribution in [0, 0.1) is 24.7 Å². The largest absolute Gasteiger partial charge is 0.459 e. The minimum Gasteiger partial charge on any atom is -0.459 e. The maximum absolute atomic E-state index is 13.2. The number of hydrogen-bond donors (Lipinski definition) is 3. The molecule has 3 saturated carbocycles. The summed E-state index contributed by atoms with van der Waals surface area (Å²) in [5.41, 5.74) is 5.02. The lowest BCUT2D eigenvalue weighted by molar-refractivity contribution is -0.136. The predicted molar refractivity (Wildman–Crippen MR) is 163 cm³/mol. The second-order valence-corrected chi connectivity index (χ2v) is 12.8. The topological polar surface area (TPSA) is 117 Å². The molecule has 0 saturated heterocycles. The van der Waals surface area contributed by atoms with E-state index in [1.165, 1.54) is 17.4 Å². The molecule has 3 N–H and O–H groups in total. The van der Waals surface area contributed by atoms with Crippen LogP contribution in [-0.4, -0.2) is 39.9 Å². The number of Topliss-reactive ketones (excluding diaryl/α,β-unsaturated/α-hetero) is 2. The summed E-state index contributed by atoms with van der Waals surface area (Å²) in [4.78, 5) is 38.8. The molecule has 0 aliphatic heterocycles. The number of fused-ring (bicyclic) bond motifs is 2. The molecule has 3 fully saturated rings. The average molecular weight is 584 g/mol. The monoisotopic (exact) mass is 583 g/mol. The van der Waals surface area contributed by atoms with Gasteiger partial charge >= 0.3 is 0 Å². The van der Waals surface area contributed by atoms with Crippen LogP contribution in [0.4, 0.5) is 5.69 Å². The number of ketones is 2. The number of furan rings is 1. The summed E-state index contributed by atoms with van der Waals surface area (Å²) in [5.74, 6) is -0.0620. The van der Waals surface area contributed by atoms with Crippen LogP contribution in [0.25, 0.3) is 0 Å². The van der Waals surface area contributed by atoms with Gasteiger partial charge in [-0.1, -0.05) is 42.8 Å². The first-order valence-corrected chi connectivity index (χ1v) is 15.8. The predicted octanol–water partition coefficient (Wildman–Crippen LogP) is 6.58. The Bertz CT molecular complexity index is 1470. The van der Waals surface area contributed by atoms with Crippen LogP contribution in [-0.2, 0) is 4.79 Å². The van der Waals surface area contributed by atoms with E-state index in [0.29, 0.717) is 49.3 Å². The maximum atomic E-state index is 13.2. The highest BCUT2D eigenvalue weighted by atomic mass is 16.3. The molecule has 6 rings (SSSR count). The fourth-order valence-electron chi connectivity index (χ4n) is 7.93. The van der Waals surface area contributed by atoms with Crippen molar-refractivity contribution in [3.05, 3.63) is 88.9 Å². The van der Waals surface area contributed by atoms with Crippen molar-refractivity contribution in [2.24, 2.45) is 17.8 Å². The van der Waals surface area contributed by atoms with Crippen LogP contribution in [0.1, 0.15) is 107 Å². The quantitative estimate of drug-likeness (QED) is 0.183. The van der Waals surface area contributed by atoms with Crippen molar-refractivity contribution in [3.8, 4) is 0 Å². The second-order valence-electron chi connectivity index (χ2n) is 12.8. The van der Waals surface area contributed by atoms with E-state index in [-0.39, 0.29) is 41.0 Å². The third kappa shape index (κ3) is 5.98. The van der Waals surface area contributed by atoms with Gasteiger partial charge in [-0.15, -0.1) is 0 Å². The zero-order valence-electron chi connectivity index (χ0n) is 24.7. The molecule has 1 amide bonds. The molecule has 3 aliphatic rings. The van der Waals surface area contributed by atoms with Crippen molar-refractivity contribution in [3.63, 3.8) is 0 Å². The summed E-state index contributed by atoms with van der Waals surface area (Å²) in [7, 11) is 0. The number of hydrogen-bond acceptors (Lipinski definition) is 6. The van der Waals surface area contributed by atoms with Gasteiger partial charge < -0.3 is 19.9 Å². The number of amides is 1. The molecule has 226 valence electrons. The number of aryl methyl sites for hydroxylation is 1. The van der Waals surface area contributed by atoms with E-state index in [2.05, 4.69) is 36.5 Å². The molecule has 0 radical (unpaired) electrons. The molecule has 3 aliphatic carbocycles. The molecular weight excluding hydrogens is 542 g/mol. The van der Waals surface area contributed by atoms with Crippen LogP contribution < -0.4 is 5.32 Å². The van der Waals surface area contributed by atoms with Gasteiger partial charge in [0.2, 0.25) is 0 Å². The van der Waals surface area contributed by atoms with Gasteiger partial charge in [0.05, 0.1) is 18.5 Å². The van der Waals surface area contributed by atoms with Gasteiger partial charge in [0, 0.05) is 29.5 Å². The van der Waals surface area contributed by atoms with E-state index < -0.39 is 18.1 Å². The Morgan fingerprint density at radius 1 is 0.907 bits per heavy atom. The Morgan fingerprint density at radius 3 is 2.35 bits per heavy atom. The van der Waals surface area contributed by atoms with Gasteiger partial charge in [-0.05, 0) is 105 Å². The van der Waals surface area contributed by atoms with Crippen molar-refractivity contribution < 1.29 is 29.0 Å². The van der Waals surface area contributed by atoms with E-state index >= 15 is 0 Å². The second kappa shape index (κ2) is 12.6. The van der Waals surface area contributed by atoms with E-state index in [1.54, 1.807) is 12.1 Å². The molecule has 2 bridgehead atoms. The summed E-state index contributed by atoms with van der Waals surface area (Å²) in [6, 6.07) is 17.6. The fraction of sp³-hybridized carbons (Fsp3) is 0.472. The van der Waals surface area contributed by atoms with Crippen molar-refractivity contribution in [1.82, 2.24) is 0 Å². The first kappa shape index (κ1) is 29.5. The van der Waals surface area contributed by atoms with Crippen LogP contribution >= 0.6 is 0 Å². The van der Waals surface area contributed by atoms with E-state index in [0.717, 1.165) is 31.2 Å². The normalized spacial score (nSPS) is 28.3. The van der Waals surface area contributed by atoms with Crippen molar-refractivity contribution >= 4 is 23.2 Å². The van der Waals surface area contributed by atoms with E-state index in [4.69, 9.17) is 4.42 Å². The number of nitrogens with one attached hydrogen (secondary N) is 1. The number of unbranched alkanes of at least 4 members (excludes halogenated alkanes) is 1. The number of anilines is 1. The number of rotatable bonds is 10. The molecule has 3 aromatic rings. The van der Waals surface area contributed by atoms with Gasteiger partial charge in [-0.3, -0.25) is 14.4 Å². The highest BCUT2D eigenvalue weighted by Gasteiger charge is 2.56. The lowest BCUT2D eigenvalue weighted by atomic mass is 9.75.